The van der Waals surface area contributed by atoms with Crippen molar-refractivity contribution in [2.24, 2.45) is 0 Å². The van der Waals surface area contributed by atoms with E-state index in [2.05, 4.69) is 15.0 Å². The molecule has 0 saturated heterocycles. The molecule has 0 amide bonds. The summed E-state index contributed by atoms with van der Waals surface area (Å²) >= 11 is 5.76. The molecule has 0 fully saturated rings. The van der Waals surface area contributed by atoms with Crippen molar-refractivity contribution in [3.05, 3.63) is 41.2 Å². The highest BCUT2D eigenvalue weighted by Crippen LogP contribution is 2.33. The summed E-state index contributed by atoms with van der Waals surface area (Å²) in [6.07, 6.45) is 1.20. The van der Waals surface area contributed by atoms with E-state index in [-0.39, 0.29) is 22.5 Å². The first-order valence-electron chi connectivity index (χ1n) is 5.78. The van der Waals surface area contributed by atoms with Crippen LogP contribution in [0.4, 0.5) is 10.1 Å². The number of nitrogens with one attached hydrogen (secondary N) is 1. The minimum atomic E-state index is -0.485. The molecule has 0 bridgehead atoms. The number of aromatic amines is 1. The van der Waals surface area contributed by atoms with Crippen LogP contribution in [-0.2, 0) is 0 Å². The molecule has 0 aliphatic heterocycles. The van der Waals surface area contributed by atoms with E-state index in [1.807, 2.05) is 6.92 Å². The van der Waals surface area contributed by atoms with Crippen LogP contribution in [0.2, 0.25) is 5.15 Å². The first-order valence-corrected chi connectivity index (χ1v) is 6.15. The first-order chi connectivity index (χ1) is 9.56. The smallest absolute Gasteiger partial charge is 0.247 e. The van der Waals surface area contributed by atoms with Crippen molar-refractivity contribution in [2.75, 3.05) is 5.73 Å². The third kappa shape index (κ3) is 2.04. The van der Waals surface area contributed by atoms with Crippen LogP contribution in [-0.4, -0.2) is 15.0 Å². The van der Waals surface area contributed by atoms with Gasteiger partial charge in [0.1, 0.15) is 12.0 Å². The van der Waals surface area contributed by atoms with Crippen LogP contribution < -0.4 is 10.5 Å². The van der Waals surface area contributed by atoms with Gasteiger partial charge in [0.15, 0.2) is 16.7 Å². The summed E-state index contributed by atoms with van der Waals surface area (Å²) in [5, 5.41) is 0.507. The lowest BCUT2D eigenvalue weighted by Gasteiger charge is -2.08. The molecule has 2 heterocycles. The SMILES string of the molecule is Cc1cc2c(F)c(Oc3ncnc(Cl)c3N)ccc2[nH]1. The maximum absolute atomic E-state index is 14.3. The molecule has 2 aromatic heterocycles. The second-order valence-electron chi connectivity index (χ2n) is 4.28. The monoisotopic (exact) mass is 292 g/mol. The van der Waals surface area contributed by atoms with Gasteiger partial charge in [0.05, 0.1) is 0 Å². The Morgan fingerprint density at radius 1 is 1.35 bits per heavy atom. The standard InChI is InChI=1S/C13H10ClFN4O/c1-6-4-7-8(19-6)2-3-9(10(7)15)20-13-11(16)12(14)17-5-18-13/h2-5,19H,16H2,1H3. The van der Waals surface area contributed by atoms with E-state index in [1.54, 1.807) is 12.1 Å². The quantitative estimate of drug-likeness (QED) is 0.709. The maximum Gasteiger partial charge on any atom is 0.247 e. The number of aryl methyl sites for hydroxylation is 1. The van der Waals surface area contributed by atoms with Crippen LogP contribution in [0.1, 0.15) is 5.69 Å². The molecular weight excluding hydrogens is 283 g/mol. The Bertz CT molecular complexity index is 802. The number of nitrogens with two attached hydrogens (primary N) is 1. The lowest BCUT2D eigenvalue weighted by atomic mass is 10.2. The van der Waals surface area contributed by atoms with Gasteiger partial charge in [-0.2, -0.15) is 4.98 Å². The number of rotatable bonds is 2. The van der Waals surface area contributed by atoms with Crippen molar-refractivity contribution in [1.82, 2.24) is 15.0 Å². The Morgan fingerprint density at radius 3 is 2.95 bits per heavy atom. The molecule has 5 nitrogen and oxygen atoms in total. The number of halogens is 2. The third-order valence-electron chi connectivity index (χ3n) is 2.84. The molecule has 0 spiro atoms. The average molecular weight is 293 g/mol. The fraction of sp³-hybridized carbons (Fsp3) is 0.0769. The number of benzene rings is 1. The minimum Gasteiger partial charge on any atom is -0.434 e. The van der Waals surface area contributed by atoms with Crippen LogP contribution in [0.3, 0.4) is 0 Å². The number of nitrogen functional groups attached to an aromatic ring is 1. The predicted octanol–water partition coefficient (Wildman–Crippen LogP) is 3.43. The lowest BCUT2D eigenvalue weighted by molar-refractivity contribution is 0.432. The van der Waals surface area contributed by atoms with Crippen molar-refractivity contribution in [3.8, 4) is 11.6 Å². The topological polar surface area (TPSA) is 76.8 Å². The van der Waals surface area contributed by atoms with Crippen molar-refractivity contribution in [3.63, 3.8) is 0 Å². The largest absolute Gasteiger partial charge is 0.434 e. The molecule has 102 valence electrons. The highest BCUT2D eigenvalue weighted by molar-refractivity contribution is 6.32. The molecule has 1 aromatic carbocycles. The Kier molecular flexibility index (Phi) is 2.94. The molecule has 0 unspecified atom stereocenters. The molecule has 0 saturated carbocycles. The lowest BCUT2D eigenvalue weighted by Crippen LogP contribution is -1.98. The molecule has 3 aromatic rings. The Morgan fingerprint density at radius 2 is 2.15 bits per heavy atom. The summed E-state index contributed by atoms with van der Waals surface area (Å²) in [6.45, 7) is 1.85. The van der Waals surface area contributed by atoms with Gasteiger partial charge in [0.25, 0.3) is 0 Å². The number of ether oxygens (including phenoxy) is 1. The molecular formula is C13H10ClFN4O. The van der Waals surface area contributed by atoms with E-state index < -0.39 is 5.82 Å². The predicted molar refractivity (Wildman–Crippen MR) is 74.5 cm³/mol. The normalized spacial score (nSPS) is 10.9. The first kappa shape index (κ1) is 12.7. The average Bonchev–Trinajstić information content (AvgIpc) is 2.80. The van der Waals surface area contributed by atoms with Gasteiger partial charge >= 0.3 is 0 Å². The number of nitrogens with zero attached hydrogens (tertiary/aromatic N) is 2. The number of fused-ring (bicyclic) bond motifs is 1. The van der Waals surface area contributed by atoms with Crippen LogP contribution in [0.25, 0.3) is 10.9 Å². The Labute approximate surface area is 118 Å². The molecule has 0 aliphatic carbocycles. The number of hydrogen-bond acceptors (Lipinski definition) is 4. The second-order valence-corrected chi connectivity index (χ2v) is 4.63. The highest BCUT2D eigenvalue weighted by atomic mass is 35.5. The van der Waals surface area contributed by atoms with Gasteiger partial charge in [0, 0.05) is 16.6 Å². The van der Waals surface area contributed by atoms with Gasteiger partial charge in [-0.05, 0) is 25.1 Å². The summed E-state index contributed by atoms with van der Waals surface area (Å²) in [7, 11) is 0. The van der Waals surface area contributed by atoms with Crippen LogP contribution in [0.5, 0.6) is 11.6 Å². The third-order valence-corrected chi connectivity index (χ3v) is 3.14. The van der Waals surface area contributed by atoms with Gasteiger partial charge in [-0.15, -0.1) is 0 Å². The summed E-state index contributed by atoms with van der Waals surface area (Å²) < 4.78 is 19.7. The fourth-order valence-corrected chi connectivity index (χ4v) is 2.04. The zero-order valence-corrected chi connectivity index (χ0v) is 11.2. The fourth-order valence-electron chi connectivity index (χ4n) is 1.91. The van der Waals surface area contributed by atoms with Gasteiger partial charge in [-0.1, -0.05) is 11.6 Å². The zero-order valence-electron chi connectivity index (χ0n) is 10.4. The molecule has 7 heteroatoms. The van der Waals surface area contributed by atoms with E-state index in [4.69, 9.17) is 22.1 Å². The van der Waals surface area contributed by atoms with Gasteiger partial charge in [0.2, 0.25) is 5.88 Å². The summed E-state index contributed by atoms with van der Waals surface area (Å²) in [5.74, 6) is -0.436. The summed E-state index contributed by atoms with van der Waals surface area (Å²) in [6, 6.07) is 4.93. The second kappa shape index (κ2) is 4.64. The van der Waals surface area contributed by atoms with E-state index in [9.17, 15) is 4.39 Å². The van der Waals surface area contributed by atoms with Crippen molar-refractivity contribution >= 4 is 28.2 Å². The summed E-state index contributed by atoms with van der Waals surface area (Å²) in [5.41, 5.74) is 7.31. The number of H-pyrrole nitrogens is 1. The molecule has 3 N–H and O–H groups in total. The molecule has 0 radical (unpaired) electrons. The highest BCUT2D eigenvalue weighted by Gasteiger charge is 2.14. The Balaban J connectivity index is 2.06. The van der Waals surface area contributed by atoms with Crippen molar-refractivity contribution in [2.45, 2.75) is 6.92 Å². The number of hydrogen-bond donors (Lipinski definition) is 2. The molecule has 20 heavy (non-hydrogen) atoms. The zero-order chi connectivity index (χ0) is 14.3. The number of aromatic nitrogens is 3. The van der Waals surface area contributed by atoms with Crippen molar-refractivity contribution < 1.29 is 9.13 Å². The van der Waals surface area contributed by atoms with Gasteiger partial charge in [-0.3, -0.25) is 0 Å². The summed E-state index contributed by atoms with van der Waals surface area (Å²) in [4.78, 5) is 10.6. The van der Waals surface area contributed by atoms with E-state index >= 15 is 0 Å². The van der Waals surface area contributed by atoms with E-state index in [1.165, 1.54) is 12.4 Å². The van der Waals surface area contributed by atoms with Crippen molar-refractivity contribution in [1.29, 1.82) is 0 Å². The molecule has 0 aliphatic rings. The molecule has 3 rings (SSSR count). The van der Waals surface area contributed by atoms with Crippen LogP contribution in [0.15, 0.2) is 24.5 Å². The van der Waals surface area contributed by atoms with E-state index in [0.29, 0.717) is 10.9 Å². The Hall–Kier alpha value is -2.34. The van der Waals surface area contributed by atoms with Gasteiger partial charge in [-0.25, -0.2) is 9.37 Å². The van der Waals surface area contributed by atoms with E-state index in [0.717, 1.165) is 5.69 Å². The van der Waals surface area contributed by atoms with Crippen LogP contribution in [0, 0.1) is 12.7 Å². The molecule has 0 atom stereocenters. The van der Waals surface area contributed by atoms with Crippen LogP contribution >= 0.6 is 11.6 Å². The minimum absolute atomic E-state index is 0.0236. The van der Waals surface area contributed by atoms with Gasteiger partial charge < -0.3 is 15.5 Å². The maximum atomic E-state index is 14.3. The number of anilines is 1.